The van der Waals surface area contributed by atoms with Crippen molar-refractivity contribution in [2.24, 2.45) is 0 Å². The van der Waals surface area contributed by atoms with Crippen LogP contribution in [0.4, 0.5) is 5.69 Å². The van der Waals surface area contributed by atoms with Gasteiger partial charge in [0.25, 0.3) is 0 Å². The summed E-state index contributed by atoms with van der Waals surface area (Å²) in [6.07, 6.45) is 1.21. The van der Waals surface area contributed by atoms with Gasteiger partial charge in [0, 0.05) is 34.4 Å². The van der Waals surface area contributed by atoms with Gasteiger partial charge in [-0.05, 0) is 44.5 Å². The van der Waals surface area contributed by atoms with Crippen LogP contribution in [0, 0.1) is 0 Å². The number of rotatable bonds is 9. The van der Waals surface area contributed by atoms with Crippen molar-refractivity contribution in [3.8, 4) is 5.75 Å². The standard InChI is InChI=1S/C16H28N2O2/c1-13(2)20-16-11-14(7-8-15(16)18(3)4)12-17-9-6-10-19-5/h7-8,11,13,17H,6,9-10,12H2,1-5H3. The Labute approximate surface area is 123 Å². The van der Waals surface area contributed by atoms with E-state index in [4.69, 9.17) is 9.47 Å². The van der Waals surface area contributed by atoms with Crippen molar-refractivity contribution in [3.63, 3.8) is 0 Å². The van der Waals surface area contributed by atoms with Crippen LogP contribution < -0.4 is 15.0 Å². The number of ether oxygens (including phenoxy) is 2. The van der Waals surface area contributed by atoms with Gasteiger partial charge in [-0.25, -0.2) is 0 Å². The van der Waals surface area contributed by atoms with E-state index in [-0.39, 0.29) is 6.10 Å². The van der Waals surface area contributed by atoms with Crippen LogP contribution >= 0.6 is 0 Å². The van der Waals surface area contributed by atoms with E-state index in [0.29, 0.717) is 0 Å². The van der Waals surface area contributed by atoms with Gasteiger partial charge in [0.1, 0.15) is 5.75 Å². The van der Waals surface area contributed by atoms with Crippen molar-refractivity contribution < 1.29 is 9.47 Å². The Bertz CT molecular complexity index is 392. The molecule has 0 saturated carbocycles. The maximum Gasteiger partial charge on any atom is 0.143 e. The van der Waals surface area contributed by atoms with Gasteiger partial charge in [-0.2, -0.15) is 0 Å². The van der Waals surface area contributed by atoms with Gasteiger partial charge >= 0.3 is 0 Å². The van der Waals surface area contributed by atoms with Crippen molar-refractivity contribution in [2.45, 2.75) is 32.9 Å². The summed E-state index contributed by atoms with van der Waals surface area (Å²) in [6, 6.07) is 6.38. The third-order valence-electron chi connectivity index (χ3n) is 2.90. The second kappa shape index (κ2) is 8.82. The summed E-state index contributed by atoms with van der Waals surface area (Å²) in [6.45, 7) is 6.72. The Kier molecular flexibility index (Phi) is 7.41. The van der Waals surface area contributed by atoms with Gasteiger partial charge in [-0.3, -0.25) is 0 Å². The summed E-state index contributed by atoms with van der Waals surface area (Å²) >= 11 is 0. The summed E-state index contributed by atoms with van der Waals surface area (Å²) in [4.78, 5) is 2.08. The number of methoxy groups -OCH3 is 1. The fourth-order valence-electron chi connectivity index (χ4n) is 1.96. The predicted molar refractivity (Wildman–Crippen MR) is 84.7 cm³/mol. The highest BCUT2D eigenvalue weighted by atomic mass is 16.5. The highest BCUT2D eigenvalue weighted by molar-refractivity contribution is 5.59. The Morgan fingerprint density at radius 2 is 2.00 bits per heavy atom. The molecule has 0 heterocycles. The lowest BCUT2D eigenvalue weighted by molar-refractivity contribution is 0.194. The second-order valence-electron chi connectivity index (χ2n) is 5.39. The van der Waals surface area contributed by atoms with E-state index in [9.17, 15) is 0 Å². The normalized spacial score (nSPS) is 10.9. The van der Waals surface area contributed by atoms with Crippen molar-refractivity contribution in [1.82, 2.24) is 5.32 Å². The highest BCUT2D eigenvalue weighted by Crippen LogP contribution is 2.29. The fourth-order valence-corrected chi connectivity index (χ4v) is 1.96. The molecule has 1 aromatic carbocycles. The van der Waals surface area contributed by atoms with E-state index in [2.05, 4.69) is 42.3 Å². The maximum absolute atomic E-state index is 5.90. The zero-order valence-corrected chi connectivity index (χ0v) is 13.4. The molecule has 0 radical (unpaired) electrons. The number of benzene rings is 1. The molecule has 20 heavy (non-hydrogen) atoms. The van der Waals surface area contributed by atoms with E-state index < -0.39 is 0 Å². The van der Waals surface area contributed by atoms with Crippen molar-refractivity contribution >= 4 is 5.69 Å². The molecular weight excluding hydrogens is 252 g/mol. The third-order valence-corrected chi connectivity index (χ3v) is 2.90. The van der Waals surface area contributed by atoms with Crippen LogP contribution in [0.3, 0.4) is 0 Å². The molecule has 4 nitrogen and oxygen atoms in total. The zero-order valence-electron chi connectivity index (χ0n) is 13.4. The molecule has 0 bridgehead atoms. The second-order valence-corrected chi connectivity index (χ2v) is 5.39. The number of nitrogens with one attached hydrogen (secondary N) is 1. The average Bonchev–Trinajstić information content (AvgIpc) is 2.37. The molecule has 0 aliphatic rings. The predicted octanol–water partition coefficient (Wildman–Crippen LogP) is 2.67. The van der Waals surface area contributed by atoms with Gasteiger partial charge in [-0.15, -0.1) is 0 Å². The van der Waals surface area contributed by atoms with Crippen LogP contribution in [0.2, 0.25) is 0 Å². The molecule has 114 valence electrons. The first-order valence-corrected chi connectivity index (χ1v) is 7.21. The number of nitrogens with zero attached hydrogens (tertiary/aromatic N) is 1. The molecule has 0 unspecified atom stereocenters. The van der Waals surface area contributed by atoms with Crippen LogP contribution in [-0.4, -0.2) is 40.5 Å². The monoisotopic (exact) mass is 280 g/mol. The first-order valence-electron chi connectivity index (χ1n) is 7.21. The Morgan fingerprint density at radius 3 is 2.60 bits per heavy atom. The maximum atomic E-state index is 5.90. The minimum Gasteiger partial charge on any atom is -0.489 e. The number of anilines is 1. The van der Waals surface area contributed by atoms with E-state index in [1.165, 1.54) is 5.56 Å². The van der Waals surface area contributed by atoms with Crippen molar-refractivity contribution in [2.75, 3.05) is 39.3 Å². The first kappa shape index (κ1) is 16.8. The van der Waals surface area contributed by atoms with Gasteiger partial charge in [-0.1, -0.05) is 6.07 Å². The average molecular weight is 280 g/mol. The largest absolute Gasteiger partial charge is 0.489 e. The SMILES string of the molecule is COCCCNCc1ccc(N(C)C)c(OC(C)C)c1. The molecular formula is C16H28N2O2. The molecule has 1 aromatic rings. The Morgan fingerprint density at radius 1 is 1.25 bits per heavy atom. The lowest BCUT2D eigenvalue weighted by Crippen LogP contribution is -2.17. The quantitative estimate of drug-likeness (QED) is 0.705. The van der Waals surface area contributed by atoms with E-state index in [0.717, 1.165) is 37.6 Å². The van der Waals surface area contributed by atoms with Gasteiger partial charge in [0.05, 0.1) is 11.8 Å². The van der Waals surface area contributed by atoms with E-state index >= 15 is 0 Å². The topological polar surface area (TPSA) is 33.7 Å². The van der Waals surface area contributed by atoms with Gasteiger partial charge < -0.3 is 19.7 Å². The molecule has 0 spiro atoms. The minimum atomic E-state index is 0.179. The lowest BCUT2D eigenvalue weighted by Gasteiger charge is -2.20. The molecule has 0 fully saturated rings. The van der Waals surface area contributed by atoms with E-state index in [1.807, 2.05) is 14.1 Å². The van der Waals surface area contributed by atoms with E-state index in [1.54, 1.807) is 7.11 Å². The molecule has 0 saturated heterocycles. The molecule has 1 N–H and O–H groups in total. The van der Waals surface area contributed by atoms with Crippen LogP contribution in [0.15, 0.2) is 18.2 Å². The van der Waals surface area contributed by atoms with Gasteiger partial charge in [0.2, 0.25) is 0 Å². The lowest BCUT2D eigenvalue weighted by atomic mass is 10.1. The smallest absolute Gasteiger partial charge is 0.143 e. The van der Waals surface area contributed by atoms with Crippen LogP contribution in [0.5, 0.6) is 5.75 Å². The molecule has 0 atom stereocenters. The first-order chi connectivity index (χ1) is 9.54. The van der Waals surface area contributed by atoms with Crippen LogP contribution in [0.1, 0.15) is 25.8 Å². The number of hydrogen-bond donors (Lipinski definition) is 1. The molecule has 0 aliphatic heterocycles. The molecule has 0 aromatic heterocycles. The summed E-state index contributed by atoms with van der Waals surface area (Å²) in [5.41, 5.74) is 2.35. The van der Waals surface area contributed by atoms with Crippen molar-refractivity contribution in [1.29, 1.82) is 0 Å². The minimum absolute atomic E-state index is 0.179. The highest BCUT2D eigenvalue weighted by Gasteiger charge is 2.08. The molecule has 4 heteroatoms. The Balaban J connectivity index is 2.64. The summed E-state index contributed by atoms with van der Waals surface area (Å²) in [5, 5.41) is 3.42. The molecule has 0 amide bonds. The molecule has 0 aliphatic carbocycles. The Hall–Kier alpha value is -1.26. The number of hydrogen-bond acceptors (Lipinski definition) is 4. The zero-order chi connectivity index (χ0) is 15.0. The third kappa shape index (κ3) is 5.80. The van der Waals surface area contributed by atoms with Crippen LogP contribution in [-0.2, 0) is 11.3 Å². The summed E-state index contributed by atoms with van der Waals surface area (Å²) in [7, 11) is 5.80. The summed E-state index contributed by atoms with van der Waals surface area (Å²) in [5.74, 6) is 0.946. The van der Waals surface area contributed by atoms with Crippen LogP contribution in [0.25, 0.3) is 0 Å². The van der Waals surface area contributed by atoms with Gasteiger partial charge in [0.15, 0.2) is 0 Å². The summed E-state index contributed by atoms with van der Waals surface area (Å²) < 4.78 is 10.9. The molecule has 1 rings (SSSR count). The fraction of sp³-hybridized carbons (Fsp3) is 0.625. The van der Waals surface area contributed by atoms with Crippen molar-refractivity contribution in [3.05, 3.63) is 23.8 Å².